The first kappa shape index (κ1) is 11.3. The maximum atomic E-state index is 11.8. The van der Waals surface area contributed by atoms with Crippen molar-refractivity contribution in [1.82, 2.24) is 9.97 Å². The molecule has 0 aliphatic rings. The van der Waals surface area contributed by atoms with Crippen LogP contribution in [0, 0.1) is 0 Å². The molecule has 0 aliphatic heterocycles. The van der Waals surface area contributed by atoms with Crippen molar-refractivity contribution in [3.63, 3.8) is 0 Å². The van der Waals surface area contributed by atoms with Gasteiger partial charge in [-0.3, -0.25) is 4.79 Å². The minimum atomic E-state index is -0.495. The van der Waals surface area contributed by atoms with Crippen LogP contribution in [-0.2, 0) is 0 Å². The summed E-state index contributed by atoms with van der Waals surface area (Å²) in [6.07, 6.45) is 2.82. The van der Waals surface area contributed by atoms with E-state index >= 15 is 0 Å². The lowest BCUT2D eigenvalue weighted by molar-refractivity contribution is 0.102. The van der Waals surface area contributed by atoms with E-state index in [1.54, 1.807) is 12.1 Å². The summed E-state index contributed by atoms with van der Waals surface area (Å²) in [4.78, 5) is 19.4. The summed E-state index contributed by atoms with van der Waals surface area (Å²) in [5.41, 5.74) is 0.147. The van der Waals surface area contributed by atoms with Crippen molar-refractivity contribution in [2.45, 2.75) is 0 Å². The first-order valence-electron chi connectivity index (χ1n) is 4.74. The molecule has 17 heavy (non-hydrogen) atoms. The lowest BCUT2D eigenvalue weighted by Gasteiger charge is -2.06. The van der Waals surface area contributed by atoms with Crippen LogP contribution in [0.4, 0.5) is 5.82 Å². The van der Waals surface area contributed by atoms with Crippen LogP contribution in [0.25, 0.3) is 0 Å². The van der Waals surface area contributed by atoms with Crippen molar-refractivity contribution < 1.29 is 9.90 Å². The Labute approximate surface area is 102 Å². The number of amides is 1. The molecule has 86 valence electrons. The fraction of sp³-hybridized carbons (Fsp3) is 0. The van der Waals surface area contributed by atoms with E-state index in [1.165, 1.54) is 24.5 Å². The Morgan fingerprint density at radius 2 is 1.94 bits per heavy atom. The molecule has 0 radical (unpaired) electrons. The Bertz CT molecular complexity index is 560. The van der Waals surface area contributed by atoms with Crippen LogP contribution in [0.5, 0.6) is 5.75 Å². The van der Waals surface area contributed by atoms with Crippen molar-refractivity contribution >= 4 is 23.3 Å². The highest BCUT2D eigenvalue weighted by molar-refractivity contribution is 6.32. The fourth-order valence-electron chi connectivity index (χ4n) is 1.25. The molecule has 0 atom stereocenters. The van der Waals surface area contributed by atoms with Gasteiger partial charge in [0.2, 0.25) is 0 Å². The lowest BCUT2D eigenvalue weighted by atomic mass is 10.2. The second-order valence-corrected chi connectivity index (χ2v) is 3.53. The minimum Gasteiger partial charge on any atom is -0.507 e. The predicted octanol–water partition coefficient (Wildman–Crippen LogP) is 2.09. The Hall–Kier alpha value is -2.14. The monoisotopic (exact) mass is 249 g/mol. The highest BCUT2D eigenvalue weighted by atomic mass is 35.5. The maximum absolute atomic E-state index is 11.8. The first-order chi connectivity index (χ1) is 8.18. The number of aromatic hydroxyl groups is 1. The van der Waals surface area contributed by atoms with E-state index in [2.05, 4.69) is 15.3 Å². The third-order valence-electron chi connectivity index (χ3n) is 2.03. The average Bonchev–Trinajstić information content (AvgIpc) is 2.32. The van der Waals surface area contributed by atoms with Gasteiger partial charge < -0.3 is 10.4 Å². The summed E-state index contributed by atoms with van der Waals surface area (Å²) >= 11 is 5.74. The molecule has 1 heterocycles. The summed E-state index contributed by atoms with van der Waals surface area (Å²) in [6, 6.07) is 6.19. The molecule has 0 spiro atoms. The van der Waals surface area contributed by atoms with E-state index in [0.717, 1.165) is 0 Å². The van der Waals surface area contributed by atoms with Gasteiger partial charge in [0.1, 0.15) is 5.75 Å². The number of phenolic OH excluding ortho intramolecular Hbond substituents is 1. The minimum absolute atomic E-state index is 0.0938. The van der Waals surface area contributed by atoms with Gasteiger partial charge in [-0.15, -0.1) is 0 Å². The van der Waals surface area contributed by atoms with E-state index in [0.29, 0.717) is 0 Å². The van der Waals surface area contributed by atoms with Crippen LogP contribution < -0.4 is 5.32 Å². The molecule has 2 aromatic rings. The zero-order valence-corrected chi connectivity index (χ0v) is 9.35. The van der Waals surface area contributed by atoms with Crippen LogP contribution in [0.3, 0.4) is 0 Å². The number of anilines is 1. The third-order valence-corrected chi connectivity index (χ3v) is 2.31. The molecule has 6 heteroatoms. The van der Waals surface area contributed by atoms with Crippen LogP contribution in [0.2, 0.25) is 5.15 Å². The van der Waals surface area contributed by atoms with Crippen molar-refractivity contribution in [3.05, 3.63) is 47.4 Å². The van der Waals surface area contributed by atoms with E-state index in [4.69, 9.17) is 11.6 Å². The molecule has 1 amide bonds. The molecule has 0 aliphatic carbocycles. The Balaban J connectivity index is 2.24. The summed E-state index contributed by atoms with van der Waals surface area (Å²) in [5.74, 6) is -0.446. The molecule has 2 N–H and O–H groups in total. The molecule has 5 nitrogen and oxygen atoms in total. The molecular formula is C11H8ClN3O2. The molecule has 0 unspecified atom stereocenters. The highest BCUT2D eigenvalue weighted by Gasteiger charge is 2.12. The Morgan fingerprint density at radius 1 is 1.24 bits per heavy atom. The third kappa shape index (κ3) is 2.51. The molecule has 0 bridgehead atoms. The largest absolute Gasteiger partial charge is 0.507 e. The standard InChI is InChI=1S/C11H8ClN3O2/c12-9-10(14-6-5-13-9)15-11(17)7-3-1-2-4-8(7)16/h1-6,16H,(H,14,15,17). The van der Waals surface area contributed by atoms with Crippen LogP contribution in [0.15, 0.2) is 36.7 Å². The second kappa shape index (κ2) is 4.80. The van der Waals surface area contributed by atoms with Gasteiger partial charge in [0.15, 0.2) is 11.0 Å². The van der Waals surface area contributed by atoms with Gasteiger partial charge in [-0.05, 0) is 12.1 Å². The maximum Gasteiger partial charge on any atom is 0.260 e. The second-order valence-electron chi connectivity index (χ2n) is 3.17. The van der Waals surface area contributed by atoms with Crippen molar-refractivity contribution in [3.8, 4) is 5.75 Å². The van der Waals surface area contributed by atoms with Gasteiger partial charge in [0, 0.05) is 12.4 Å². The normalized spacial score (nSPS) is 9.94. The van der Waals surface area contributed by atoms with Gasteiger partial charge >= 0.3 is 0 Å². The number of carbonyl (C=O) groups excluding carboxylic acids is 1. The van der Waals surface area contributed by atoms with Crippen molar-refractivity contribution in [2.24, 2.45) is 0 Å². The molecule has 0 saturated carbocycles. The van der Waals surface area contributed by atoms with Crippen LogP contribution in [-0.4, -0.2) is 21.0 Å². The van der Waals surface area contributed by atoms with E-state index in [1.807, 2.05) is 0 Å². The predicted molar refractivity (Wildman–Crippen MR) is 63.1 cm³/mol. The smallest absolute Gasteiger partial charge is 0.260 e. The zero-order valence-electron chi connectivity index (χ0n) is 8.59. The number of hydrogen-bond acceptors (Lipinski definition) is 4. The lowest BCUT2D eigenvalue weighted by Crippen LogP contribution is -2.13. The zero-order chi connectivity index (χ0) is 12.3. The molecular weight excluding hydrogens is 242 g/mol. The Morgan fingerprint density at radius 3 is 2.65 bits per heavy atom. The molecule has 1 aromatic carbocycles. The number of benzene rings is 1. The number of carbonyl (C=O) groups is 1. The quantitative estimate of drug-likeness (QED) is 0.855. The SMILES string of the molecule is O=C(Nc1nccnc1Cl)c1ccccc1O. The summed E-state index contributed by atoms with van der Waals surface area (Å²) < 4.78 is 0. The highest BCUT2D eigenvalue weighted by Crippen LogP contribution is 2.19. The van der Waals surface area contributed by atoms with E-state index in [-0.39, 0.29) is 22.3 Å². The molecule has 2 rings (SSSR count). The fourth-order valence-corrected chi connectivity index (χ4v) is 1.40. The van der Waals surface area contributed by atoms with Crippen molar-refractivity contribution in [1.29, 1.82) is 0 Å². The molecule has 0 saturated heterocycles. The first-order valence-corrected chi connectivity index (χ1v) is 5.12. The van der Waals surface area contributed by atoms with Crippen molar-refractivity contribution in [2.75, 3.05) is 5.32 Å². The van der Waals surface area contributed by atoms with Crippen LogP contribution >= 0.6 is 11.6 Å². The average molecular weight is 250 g/mol. The number of halogens is 1. The number of hydrogen-bond donors (Lipinski definition) is 2. The Kier molecular flexibility index (Phi) is 3.20. The number of phenols is 1. The summed E-state index contributed by atoms with van der Waals surface area (Å²) in [5, 5.41) is 12.1. The van der Waals surface area contributed by atoms with Gasteiger partial charge in [-0.1, -0.05) is 23.7 Å². The summed E-state index contributed by atoms with van der Waals surface area (Å²) in [6.45, 7) is 0. The number of nitrogens with one attached hydrogen (secondary N) is 1. The van der Waals surface area contributed by atoms with Gasteiger partial charge in [0.05, 0.1) is 5.56 Å². The van der Waals surface area contributed by atoms with Gasteiger partial charge in [0.25, 0.3) is 5.91 Å². The van der Waals surface area contributed by atoms with Gasteiger partial charge in [-0.2, -0.15) is 0 Å². The molecule has 0 fully saturated rings. The summed E-state index contributed by atoms with van der Waals surface area (Å²) in [7, 11) is 0. The van der Waals surface area contributed by atoms with Gasteiger partial charge in [-0.25, -0.2) is 9.97 Å². The molecule has 1 aromatic heterocycles. The number of nitrogens with zero attached hydrogens (tertiary/aromatic N) is 2. The van der Waals surface area contributed by atoms with Crippen LogP contribution in [0.1, 0.15) is 10.4 Å². The number of aromatic nitrogens is 2. The van der Waals surface area contributed by atoms with E-state index in [9.17, 15) is 9.90 Å². The number of para-hydroxylation sites is 1. The number of rotatable bonds is 2. The van der Waals surface area contributed by atoms with E-state index < -0.39 is 5.91 Å². The topological polar surface area (TPSA) is 75.1 Å².